The number of rotatable bonds is 3. The molecule has 2 rings (SSSR count). The molecule has 21 heavy (non-hydrogen) atoms. The molecule has 1 aliphatic heterocycles. The second kappa shape index (κ2) is 5.76. The van der Waals surface area contributed by atoms with E-state index in [2.05, 4.69) is 5.32 Å². The summed E-state index contributed by atoms with van der Waals surface area (Å²) in [5.41, 5.74) is 1.05. The number of amides is 2. The summed E-state index contributed by atoms with van der Waals surface area (Å²) in [6.45, 7) is 6.00. The van der Waals surface area contributed by atoms with Gasteiger partial charge in [0.05, 0.1) is 6.04 Å². The van der Waals surface area contributed by atoms with Crippen molar-refractivity contribution in [2.45, 2.75) is 45.2 Å². The maximum absolute atomic E-state index is 12.4. The number of hydrogen-bond acceptors (Lipinski definition) is 2. The van der Waals surface area contributed by atoms with Crippen LogP contribution in [-0.4, -0.2) is 34.1 Å². The number of nitrogens with one attached hydrogen (secondary N) is 1. The van der Waals surface area contributed by atoms with Crippen molar-refractivity contribution in [1.82, 2.24) is 10.2 Å². The van der Waals surface area contributed by atoms with Crippen LogP contribution in [0.1, 0.15) is 43.9 Å². The van der Waals surface area contributed by atoms with E-state index < -0.39 is 11.5 Å². The van der Waals surface area contributed by atoms with E-state index in [1.165, 1.54) is 4.90 Å². The van der Waals surface area contributed by atoms with Crippen molar-refractivity contribution in [2.24, 2.45) is 0 Å². The highest BCUT2D eigenvalue weighted by atomic mass is 16.4. The fourth-order valence-electron chi connectivity index (χ4n) is 2.92. The van der Waals surface area contributed by atoms with Crippen LogP contribution in [0.5, 0.6) is 0 Å². The number of hydrogen-bond donors (Lipinski definition) is 2. The molecule has 1 saturated heterocycles. The Bertz CT molecular complexity index is 558. The molecule has 5 nitrogen and oxygen atoms in total. The van der Waals surface area contributed by atoms with Gasteiger partial charge in [0.2, 0.25) is 0 Å². The van der Waals surface area contributed by atoms with E-state index in [4.69, 9.17) is 0 Å². The minimum atomic E-state index is -1.10. The zero-order valence-electron chi connectivity index (χ0n) is 12.7. The van der Waals surface area contributed by atoms with E-state index in [-0.39, 0.29) is 12.1 Å². The number of carbonyl (C=O) groups is 2. The number of urea groups is 1. The average Bonchev–Trinajstić information content (AvgIpc) is 2.82. The lowest BCUT2D eigenvalue weighted by molar-refractivity contribution is -0.147. The predicted octanol–water partition coefficient (Wildman–Crippen LogP) is 2.70. The van der Waals surface area contributed by atoms with Gasteiger partial charge in [-0.15, -0.1) is 0 Å². The van der Waals surface area contributed by atoms with Crippen molar-refractivity contribution >= 4 is 12.0 Å². The summed E-state index contributed by atoms with van der Waals surface area (Å²) in [5.74, 6) is -0.946. The smallest absolute Gasteiger partial charge is 0.329 e. The van der Waals surface area contributed by atoms with Gasteiger partial charge in [-0.3, -0.25) is 0 Å². The number of benzene rings is 1. The van der Waals surface area contributed by atoms with Crippen molar-refractivity contribution in [3.8, 4) is 0 Å². The van der Waals surface area contributed by atoms with Gasteiger partial charge in [0.25, 0.3) is 0 Å². The maximum atomic E-state index is 12.4. The van der Waals surface area contributed by atoms with E-state index in [1.807, 2.05) is 38.1 Å². The molecule has 114 valence electrons. The standard InChI is InChI=1S/C16H22N2O3/c1-11-7-4-5-8-13(11)12(2)17-15(21)18-10-6-9-16(18,3)14(19)20/h4-5,7-8,12H,6,9-10H2,1-3H3,(H,17,21)(H,19,20). The summed E-state index contributed by atoms with van der Waals surface area (Å²) < 4.78 is 0. The minimum absolute atomic E-state index is 0.155. The molecule has 1 aromatic carbocycles. The molecule has 5 heteroatoms. The largest absolute Gasteiger partial charge is 0.480 e. The van der Waals surface area contributed by atoms with E-state index in [1.54, 1.807) is 6.92 Å². The monoisotopic (exact) mass is 290 g/mol. The maximum Gasteiger partial charge on any atom is 0.329 e. The van der Waals surface area contributed by atoms with Crippen LogP contribution < -0.4 is 5.32 Å². The Balaban J connectivity index is 2.11. The third-order valence-electron chi connectivity index (χ3n) is 4.34. The van der Waals surface area contributed by atoms with Crippen molar-refractivity contribution in [1.29, 1.82) is 0 Å². The van der Waals surface area contributed by atoms with Crippen LogP contribution in [-0.2, 0) is 4.79 Å². The number of aliphatic carboxylic acids is 1. The lowest BCUT2D eigenvalue weighted by Gasteiger charge is -2.32. The Hall–Kier alpha value is -2.04. The Morgan fingerprint density at radius 3 is 2.67 bits per heavy atom. The van der Waals surface area contributed by atoms with Gasteiger partial charge in [0.1, 0.15) is 5.54 Å². The summed E-state index contributed by atoms with van der Waals surface area (Å²) in [7, 11) is 0. The summed E-state index contributed by atoms with van der Waals surface area (Å²) in [6, 6.07) is 7.39. The molecule has 1 heterocycles. The Labute approximate surface area is 125 Å². The highest BCUT2D eigenvalue weighted by Gasteiger charge is 2.46. The Morgan fingerprint density at radius 2 is 2.05 bits per heavy atom. The number of carboxylic acids is 1. The normalized spacial score (nSPS) is 22.9. The zero-order chi connectivity index (χ0) is 15.6. The van der Waals surface area contributed by atoms with Gasteiger partial charge in [-0.2, -0.15) is 0 Å². The first-order chi connectivity index (χ1) is 9.86. The molecule has 1 aromatic rings. The van der Waals surface area contributed by atoms with Gasteiger partial charge < -0.3 is 15.3 Å². The first-order valence-corrected chi connectivity index (χ1v) is 7.23. The molecule has 2 amide bonds. The minimum Gasteiger partial charge on any atom is -0.480 e. The Kier molecular flexibility index (Phi) is 4.21. The Morgan fingerprint density at radius 1 is 1.38 bits per heavy atom. The van der Waals surface area contributed by atoms with E-state index in [0.29, 0.717) is 13.0 Å². The molecule has 0 saturated carbocycles. The fraction of sp³-hybridized carbons (Fsp3) is 0.500. The highest BCUT2D eigenvalue weighted by molar-refractivity contribution is 5.86. The van der Waals surface area contributed by atoms with Crippen molar-refractivity contribution < 1.29 is 14.7 Å². The third-order valence-corrected chi connectivity index (χ3v) is 4.34. The van der Waals surface area contributed by atoms with Crippen molar-refractivity contribution in [3.05, 3.63) is 35.4 Å². The summed E-state index contributed by atoms with van der Waals surface area (Å²) >= 11 is 0. The van der Waals surface area contributed by atoms with Crippen LogP contribution in [0, 0.1) is 6.92 Å². The number of aryl methyl sites for hydroxylation is 1. The number of likely N-dealkylation sites (tertiary alicyclic amines) is 1. The molecular formula is C16H22N2O3. The molecule has 1 aliphatic rings. The second-order valence-corrected chi connectivity index (χ2v) is 5.86. The molecule has 0 radical (unpaired) electrons. The molecular weight excluding hydrogens is 268 g/mol. The van der Waals surface area contributed by atoms with E-state index in [9.17, 15) is 14.7 Å². The molecule has 2 unspecified atom stereocenters. The van der Waals surface area contributed by atoms with Crippen molar-refractivity contribution in [2.75, 3.05) is 6.54 Å². The number of carbonyl (C=O) groups excluding carboxylic acids is 1. The molecule has 0 aliphatic carbocycles. The van der Waals surface area contributed by atoms with Crippen LogP contribution in [0.25, 0.3) is 0 Å². The molecule has 2 atom stereocenters. The lowest BCUT2D eigenvalue weighted by atomic mass is 9.99. The topological polar surface area (TPSA) is 69.6 Å². The summed E-state index contributed by atoms with van der Waals surface area (Å²) in [6.07, 6.45) is 1.21. The molecule has 1 fully saturated rings. The van der Waals surface area contributed by atoms with Crippen molar-refractivity contribution in [3.63, 3.8) is 0 Å². The molecule has 0 bridgehead atoms. The van der Waals surface area contributed by atoms with Gasteiger partial charge in [-0.25, -0.2) is 9.59 Å². The van der Waals surface area contributed by atoms with E-state index >= 15 is 0 Å². The lowest BCUT2D eigenvalue weighted by Crippen LogP contribution is -2.54. The van der Waals surface area contributed by atoms with Gasteiger partial charge in [-0.05, 0) is 44.7 Å². The predicted molar refractivity (Wildman–Crippen MR) is 80.1 cm³/mol. The van der Waals surface area contributed by atoms with Crippen LogP contribution in [0.4, 0.5) is 4.79 Å². The van der Waals surface area contributed by atoms with Crippen LogP contribution in [0.3, 0.4) is 0 Å². The van der Waals surface area contributed by atoms with Gasteiger partial charge in [-0.1, -0.05) is 24.3 Å². The zero-order valence-corrected chi connectivity index (χ0v) is 12.7. The second-order valence-electron chi connectivity index (χ2n) is 5.86. The quantitative estimate of drug-likeness (QED) is 0.899. The van der Waals surface area contributed by atoms with Gasteiger partial charge in [0, 0.05) is 6.54 Å². The third kappa shape index (κ3) is 2.86. The van der Waals surface area contributed by atoms with Crippen LogP contribution in [0.15, 0.2) is 24.3 Å². The molecule has 2 N–H and O–H groups in total. The number of nitrogens with zero attached hydrogens (tertiary/aromatic N) is 1. The SMILES string of the molecule is Cc1ccccc1C(C)NC(=O)N1CCCC1(C)C(=O)O. The fourth-order valence-corrected chi connectivity index (χ4v) is 2.92. The highest BCUT2D eigenvalue weighted by Crippen LogP contribution is 2.29. The first-order valence-electron chi connectivity index (χ1n) is 7.23. The van der Waals surface area contributed by atoms with Gasteiger partial charge >= 0.3 is 12.0 Å². The molecule has 0 spiro atoms. The molecule has 0 aromatic heterocycles. The number of carboxylic acid groups (broad SMARTS) is 1. The van der Waals surface area contributed by atoms with Gasteiger partial charge in [0.15, 0.2) is 0 Å². The average molecular weight is 290 g/mol. The van der Waals surface area contributed by atoms with Crippen LogP contribution in [0.2, 0.25) is 0 Å². The summed E-state index contributed by atoms with van der Waals surface area (Å²) in [5, 5.41) is 12.3. The first kappa shape index (κ1) is 15.4. The summed E-state index contributed by atoms with van der Waals surface area (Å²) in [4.78, 5) is 25.3. The van der Waals surface area contributed by atoms with Crippen LogP contribution >= 0.6 is 0 Å². The van der Waals surface area contributed by atoms with E-state index in [0.717, 1.165) is 17.5 Å².